The van der Waals surface area contributed by atoms with Crippen LogP contribution in [0.15, 0.2) is 30.3 Å². The average molecular weight is 353 g/mol. The van der Waals surface area contributed by atoms with E-state index in [1.807, 2.05) is 22.6 Å². The van der Waals surface area contributed by atoms with Gasteiger partial charge in [-0.15, -0.1) is 0 Å². The van der Waals surface area contributed by atoms with Crippen molar-refractivity contribution in [3.8, 4) is 0 Å². The van der Waals surface area contributed by atoms with E-state index < -0.39 is 6.10 Å². The van der Waals surface area contributed by atoms with Crippen molar-refractivity contribution >= 4 is 5.91 Å². The van der Waals surface area contributed by atoms with Gasteiger partial charge in [-0.25, -0.2) is 0 Å². The monoisotopic (exact) mass is 353 g/mol. The molecule has 1 amide bonds. The Morgan fingerprint density at radius 1 is 1.27 bits per heavy atom. The molecule has 1 atom stereocenters. The smallest absolute Gasteiger partial charge is 0.223 e. The predicted octanol–water partition coefficient (Wildman–Crippen LogP) is 2.86. The van der Waals surface area contributed by atoms with Gasteiger partial charge in [-0.1, -0.05) is 31.2 Å². The Bertz CT molecular complexity index is 773. The van der Waals surface area contributed by atoms with Crippen molar-refractivity contribution in [3.05, 3.63) is 52.8 Å². The molecule has 5 nitrogen and oxygen atoms in total. The average Bonchev–Trinajstić information content (AvgIpc) is 3.18. The Morgan fingerprint density at radius 2 is 2.00 bits per heavy atom. The Hall–Kier alpha value is -2.14. The first-order valence-electron chi connectivity index (χ1n) is 9.73. The molecule has 138 valence electrons. The molecule has 5 heteroatoms. The molecular weight excluding hydrogens is 326 g/mol. The number of carbonyl (C=O) groups is 1. The van der Waals surface area contributed by atoms with E-state index in [9.17, 15) is 9.90 Å². The van der Waals surface area contributed by atoms with E-state index in [-0.39, 0.29) is 5.91 Å². The van der Waals surface area contributed by atoms with Crippen LogP contribution in [0.1, 0.15) is 54.8 Å². The van der Waals surface area contributed by atoms with E-state index >= 15 is 0 Å². The first-order valence-corrected chi connectivity index (χ1v) is 9.73. The lowest BCUT2D eigenvalue weighted by atomic mass is 10.0. The minimum atomic E-state index is -0.518. The molecule has 1 unspecified atom stereocenters. The molecule has 1 aliphatic carbocycles. The number of aromatic nitrogens is 2. The number of aliphatic hydroxyl groups is 1. The maximum atomic E-state index is 12.9. The molecule has 26 heavy (non-hydrogen) atoms. The van der Waals surface area contributed by atoms with Gasteiger partial charge in [0.2, 0.25) is 5.91 Å². The van der Waals surface area contributed by atoms with Gasteiger partial charge in [-0.3, -0.25) is 9.48 Å². The standard InChI is InChI=1S/C21H27N3O2/c1-2-20(25)19-13-18-14-23(8-5-9-24(18)22-19)21(26)12-15-10-16-6-3-4-7-17(16)11-15/h3-4,6-7,13,15,20,25H,2,5,8-12,14H2,1H3. The van der Waals surface area contributed by atoms with Crippen molar-refractivity contribution in [3.63, 3.8) is 0 Å². The fourth-order valence-electron chi connectivity index (χ4n) is 4.24. The minimum Gasteiger partial charge on any atom is -0.387 e. The quantitative estimate of drug-likeness (QED) is 0.919. The van der Waals surface area contributed by atoms with Gasteiger partial charge < -0.3 is 10.0 Å². The zero-order chi connectivity index (χ0) is 18.1. The zero-order valence-electron chi connectivity index (χ0n) is 15.4. The molecule has 2 aliphatic rings. The van der Waals surface area contributed by atoms with Gasteiger partial charge in [0.05, 0.1) is 24.0 Å². The van der Waals surface area contributed by atoms with Crippen molar-refractivity contribution in [2.45, 2.75) is 58.2 Å². The van der Waals surface area contributed by atoms with Gasteiger partial charge in [0.1, 0.15) is 0 Å². The number of carbonyl (C=O) groups excluding carboxylic acids is 1. The normalized spacial score (nSPS) is 18.3. The summed E-state index contributed by atoms with van der Waals surface area (Å²) >= 11 is 0. The fraction of sp³-hybridized carbons (Fsp3) is 0.524. The van der Waals surface area contributed by atoms with Crippen LogP contribution in [0, 0.1) is 5.92 Å². The summed E-state index contributed by atoms with van der Waals surface area (Å²) in [5.74, 6) is 0.667. The van der Waals surface area contributed by atoms with Crippen LogP contribution in [-0.4, -0.2) is 32.2 Å². The van der Waals surface area contributed by atoms with Gasteiger partial charge in [0.15, 0.2) is 0 Å². The highest BCUT2D eigenvalue weighted by molar-refractivity contribution is 5.76. The molecule has 2 aromatic rings. The number of aryl methyl sites for hydroxylation is 1. The van der Waals surface area contributed by atoms with Gasteiger partial charge in [-0.2, -0.15) is 5.10 Å². The lowest BCUT2D eigenvalue weighted by Gasteiger charge is -2.22. The molecule has 0 bridgehead atoms. The molecule has 0 saturated heterocycles. The molecule has 2 heterocycles. The molecule has 0 saturated carbocycles. The van der Waals surface area contributed by atoms with E-state index in [0.29, 0.717) is 25.3 Å². The largest absolute Gasteiger partial charge is 0.387 e. The van der Waals surface area contributed by atoms with Crippen LogP contribution in [0.4, 0.5) is 0 Å². The van der Waals surface area contributed by atoms with Crippen molar-refractivity contribution < 1.29 is 9.90 Å². The van der Waals surface area contributed by atoms with Gasteiger partial charge in [-0.05, 0) is 48.8 Å². The van der Waals surface area contributed by atoms with Crippen LogP contribution in [-0.2, 0) is 30.7 Å². The van der Waals surface area contributed by atoms with Crippen molar-refractivity contribution in [2.75, 3.05) is 6.54 Å². The molecule has 1 aliphatic heterocycles. The number of rotatable bonds is 4. The van der Waals surface area contributed by atoms with Crippen LogP contribution >= 0.6 is 0 Å². The van der Waals surface area contributed by atoms with Gasteiger partial charge >= 0.3 is 0 Å². The number of amides is 1. The second kappa shape index (κ2) is 7.23. The lowest BCUT2D eigenvalue weighted by molar-refractivity contribution is -0.132. The Morgan fingerprint density at radius 3 is 2.69 bits per heavy atom. The zero-order valence-corrected chi connectivity index (χ0v) is 15.4. The summed E-state index contributed by atoms with van der Waals surface area (Å²) in [6.07, 6.45) is 3.69. The Labute approximate surface area is 154 Å². The third kappa shape index (κ3) is 3.40. The Kier molecular flexibility index (Phi) is 4.81. The summed E-state index contributed by atoms with van der Waals surface area (Å²) < 4.78 is 1.97. The van der Waals surface area contributed by atoms with Crippen LogP contribution in [0.25, 0.3) is 0 Å². The minimum absolute atomic E-state index is 0.245. The first kappa shape index (κ1) is 17.3. The molecule has 0 fully saturated rings. The van der Waals surface area contributed by atoms with Gasteiger partial charge in [0.25, 0.3) is 0 Å². The number of aliphatic hydroxyl groups excluding tert-OH is 1. The number of fused-ring (bicyclic) bond motifs is 2. The molecule has 4 rings (SSSR count). The highest BCUT2D eigenvalue weighted by atomic mass is 16.3. The van der Waals surface area contributed by atoms with E-state index in [1.165, 1.54) is 11.1 Å². The number of nitrogens with zero attached hydrogens (tertiary/aromatic N) is 3. The number of benzene rings is 1. The molecule has 1 aromatic heterocycles. The molecular formula is C21H27N3O2. The van der Waals surface area contributed by atoms with Crippen LogP contribution < -0.4 is 0 Å². The summed E-state index contributed by atoms with van der Waals surface area (Å²) in [6.45, 7) is 4.14. The van der Waals surface area contributed by atoms with Crippen molar-refractivity contribution in [1.82, 2.24) is 14.7 Å². The molecule has 1 aromatic carbocycles. The van der Waals surface area contributed by atoms with Crippen LogP contribution in [0.2, 0.25) is 0 Å². The van der Waals surface area contributed by atoms with E-state index in [4.69, 9.17) is 0 Å². The predicted molar refractivity (Wildman–Crippen MR) is 99.5 cm³/mol. The summed E-state index contributed by atoms with van der Waals surface area (Å²) in [6, 6.07) is 10.5. The third-order valence-corrected chi connectivity index (χ3v) is 5.71. The SMILES string of the molecule is CCC(O)c1cc2n(n1)CCCN(C(=O)CC1Cc3ccccc3C1)C2. The summed E-state index contributed by atoms with van der Waals surface area (Å²) in [5.41, 5.74) is 4.56. The Balaban J connectivity index is 1.42. The van der Waals surface area contributed by atoms with Gasteiger partial charge in [0, 0.05) is 19.5 Å². The summed E-state index contributed by atoms with van der Waals surface area (Å²) in [4.78, 5) is 14.9. The third-order valence-electron chi connectivity index (χ3n) is 5.71. The second-order valence-electron chi connectivity index (χ2n) is 7.62. The molecule has 0 spiro atoms. The van der Waals surface area contributed by atoms with E-state index in [2.05, 4.69) is 29.4 Å². The first-order chi connectivity index (χ1) is 12.6. The van der Waals surface area contributed by atoms with E-state index in [0.717, 1.165) is 43.7 Å². The van der Waals surface area contributed by atoms with Crippen molar-refractivity contribution in [2.24, 2.45) is 5.92 Å². The second-order valence-corrected chi connectivity index (χ2v) is 7.62. The van der Waals surface area contributed by atoms with E-state index in [1.54, 1.807) is 0 Å². The maximum absolute atomic E-state index is 12.9. The topological polar surface area (TPSA) is 58.4 Å². The highest BCUT2D eigenvalue weighted by Gasteiger charge is 2.27. The number of hydrogen-bond acceptors (Lipinski definition) is 3. The molecule has 0 radical (unpaired) electrons. The lowest BCUT2D eigenvalue weighted by Crippen LogP contribution is -2.32. The summed E-state index contributed by atoms with van der Waals surface area (Å²) in [5, 5.41) is 14.6. The maximum Gasteiger partial charge on any atom is 0.223 e. The summed E-state index contributed by atoms with van der Waals surface area (Å²) in [7, 11) is 0. The number of hydrogen-bond donors (Lipinski definition) is 1. The van der Waals surface area contributed by atoms with Crippen LogP contribution in [0.3, 0.4) is 0 Å². The van der Waals surface area contributed by atoms with Crippen LogP contribution in [0.5, 0.6) is 0 Å². The highest BCUT2D eigenvalue weighted by Crippen LogP contribution is 2.29. The molecule has 1 N–H and O–H groups in total. The van der Waals surface area contributed by atoms with Crippen molar-refractivity contribution in [1.29, 1.82) is 0 Å². The fourth-order valence-corrected chi connectivity index (χ4v) is 4.24.